The van der Waals surface area contributed by atoms with E-state index in [1.165, 1.54) is 6.20 Å². The molecule has 0 bridgehead atoms. The Labute approximate surface area is 185 Å². The van der Waals surface area contributed by atoms with Crippen molar-refractivity contribution in [2.75, 3.05) is 19.7 Å². The van der Waals surface area contributed by atoms with E-state index in [4.69, 9.17) is 27.1 Å². The van der Waals surface area contributed by atoms with E-state index in [9.17, 15) is 9.59 Å². The van der Waals surface area contributed by atoms with Gasteiger partial charge in [0.25, 0.3) is 11.8 Å². The summed E-state index contributed by atoms with van der Waals surface area (Å²) in [5.74, 6) is -0.331. The molecule has 4 rings (SSSR count). The van der Waals surface area contributed by atoms with Gasteiger partial charge in [0.05, 0.1) is 28.4 Å². The SMILES string of the molecule is CCOc1ncc(Cl)cc1C(=O)N1CCC(c2nc3ccccc3cc2C(N)=O)CC1. The van der Waals surface area contributed by atoms with Crippen LogP contribution in [0.5, 0.6) is 5.88 Å². The summed E-state index contributed by atoms with van der Waals surface area (Å²) < 4.78 is 5.50. The number of nitrogens with two attached hydrogens (primary N) is 1. The van der Waals surface area contributed by atoms with Gasteiger partial charge in [-0.15, -0.1) is 0 Å². The summed E-state index contributed by atoms with van der Waals surface area (Å²) in [6.45, 7) is 3.28. The number of benzene rings is 1. The molecule has 2 aromatic heterocycles. The first-order valence-electron chi connectivity index (χ1n) is 10.2. The molecular weight excluding hydrogens is 416 g/mol. The molecule has 31 heavy (non-hydrogen) atoms. The van der Waals surface area contributed by atoms with E-state index in [0.29, 0.717) is 54.4 Å². The average molecular weight is 439 g/mol. The topological polar surface area (TPSA) is 98.4 Å². The van der Waals surface area contributed by atoms with Crippen LogP contribution in [0, 0.1) is 0 Å². The number of ether oxygens (including phenoxy) is 1. The van der Waals surface area contributed by atoms with Crippen molar-refractivity contribution in [3.63, 3.8) is 0 Å². The molecule has 160 valence electrons. The van der Waals surface area contributed by atoms with Crippen molar-refractivity contribution in [3.05, 3.63) is 64.4 Å². The summed E-state index contributed by atoms with van der Waals surface area (Å²) in [7, 11) is 0. The highest BCUT2D eigenvalue weighted by atomic mass is 35.5. The van der Waals surface area contributed by atoms with Crippen LogP contribution in [0.15, 0.2) is 42.6 Å². The van der Waals surface area contributed by atoms with Crippen molar-refractivity contribution in [3.8, 4) is 5.88 Å². The number of likely N-dealkylation sites (tertiary alicyclic amines) is 1. The van der Waals surface area contributed by atoms with Crippen LogP contribution in [0.25, 0.3) is 10.9 Å². The molecule has 1 saturated heterocycles. The van der Waals surface area contributed by atoms with Gasteiger partial charge in [-0.25, -0.2) is 4.98 Å². The molecule has 1 aliphatic rings. The largest absolute Gasteiger partial charge is 0.477 e. The third-order valence-electron chi connectivity index (χ3n) is 5.52. The Morgan fingerprint density at radius 1 is 1.19 bits per heavy atom. The molecule has 0 unspecified atom stereocenters. The molecule has 1 aliphatic heterocycles. The van der Waals surface area contributed by atoms with E-state index in [-0.39, 0.29) is 17.7 Å². The molecule has 8 heteroatoms. The minimum absolute atomic E-state index is 0.0417. The number of rotatable bonds is 5. The van der Waals surface area contributed by atoms with Crippen LogP contribution in [-0.4, -0.2) is 46.4 Å². The van der Waals surface area contributed by atoms with E-state index in [1.54, 1.807) is 11.0 Å². The Balaban J connectivity index is 1.56. The maximum atomic E-state index is 13.1. The van der Waals surface area contributed by atoms with Crippen LogP contribution in [-0.2, 0) is 0 Å². The number of carbonyl (C=O) groups is 2. The number of pyridine rings is 2. The number of hydrogen-bond donors (Lipinski definition) is 1. The first-order chi connectivity index (χ1) is 15.0. The number of halogens is 1. The van der Waals surface area contributed by atoms with Gasteiger partial charge in [-0.1, -0.05) is 29.8 Å². The van der Waals surface area contributed by atoms with Gasteiger partial charge in [-0.3, -0.25) is 14.6 Å². The third-order valence-corrected chi connectivity index (χ3v) is 5.72. The standard InChI is InChI=1S/C23H23ClN4O3/c1-2-31-22-18(12-16(24)13-26-22)23(30)28-9-7-14(8-10-28)20-17(21(25)29)11-15-5-3-4-6-19(15)27-20/h3-6,11-14H,2,7-10H2,1H3,(H2,25,29). The lowest BCUT2D eigenvalue weighted by Crippen LogP contribution is -2.38. The van der Waals surface area contributed by atoms with Crippen molar-refractivity contribution < 1.29 is 14.3 Å². The molecular formula is C23H23ClN4O3. The fourth-order valence-corrected chi connectivity index (χ4v) is 4.16. The van der Waals surface area contributed by atoms with Crippen molar-refractivity contribution in [2.24, 2.45) is 5.73 Å². The Morgan fingerprint density at radius 2 is 1.94 bits per heavy atom. The van der Waals surface area contributed by atoms with Crippen molar-refractivity contribution >= 4 is 34.3 Å². The van der Waals surface area contributed by atoms with Gasteiger partial charge < -0.3 is 15.4 Å². The summed E-state index contributed by atoms with van der Waals surface area (Å²) in [6.07, 6.45) is 2.82. The average Bonchev–Trinajstić information content (AvgIpc) is 2.79. The molecule has 0 radical (unpaired) electrons. The van der Waals surface area contributed by atoms with Crippen molar-refractivity contribution in [1.29, 1.82) is 0 Å². The summed E-state index contributed by atoms with van der Waals surface area (Å²) in [5.41, 5.74) is 7.98. The Bertz CT molecular complexity index is 1140. The zero-order valence-corrected chi connectivity index (χ0v) is 17.9. The normalized spacial score (nSPS) is 14.6. The fourth-order valence-electron chi connectivity index (χ4n) is 4.00. The van der Waals surface area contributed by atoms with Crippen LogP contribution in [0.4, 0.5) is 0 Å². The second-order valence-electron chi connectivity index (χ2n) is 7.48. The second-order valence-corrected chi connectivity index (χ2v) is 7.92. The molecule has 0 saturated carbocycles. The van der Waals surface area contributed by atoms with Crippen LogP contribution in [0.1, 0.15) is 52.1 Å². The highest BCUT2D eigenvalue weighted by Gasteiger charge is 2.29. The van der Waals surface area contributed by atoms with Crippen LogP contribution < -0.4 is 10.5 Å². The van der Waals surface area contributed by atoms with Gasteiger partial charge >= 0.3 is 0 Å². The molecule has 2 N–H and O–H groups in total. The van der Waals surface area contributed by atoms with Crippen molar-refractivity contribution in [2.45, 2.75) is 25.7 Å². The molecule has 3 aromatic rings. The lowest BCUT2D eigenvalue weighted by molar-refractivity contribution is 0.0705. The van der Waals surface area contributed by atoms with Crippen LogP contribution >= 0.6 is 11.6 Å². The molecule has 2 amide bonds. The number of piperidine rings is 1. The number of fused-ring (bicyclic) bond motifs is 1. The Kier molecular flexibility index (Phi) is 6.04. The van der Waals surface area contributed by atoms with Gasteiger partial charge in [0.15, 0.2) is 0 Å². The number of nitrogens with zero attached hydrogens (tertiary/aromatic N) is 3. The van der Waals surface area contributed by atoms with Gasteiger partial charge in [0, 0.05) is 30.6 Å². The number of carbonyl (C=O) groups excluding carboxylic acids is 2. The minimum Gasteiger partial charge on any atom is -0.477 e. The number of para-hydroxylation sites is 1. The quantitative estimate of drug-likeness (QED) is 0.653. The zero-order valence-electron chi connectivity index (χ0n) is 17.2. The molecule has 0 spiro atoms. The van der Waals surface area contributed by atoms with Gasteiger partial charge in [-0.2, -0.15) is 0 Å². The van der Waals surface area contributed by atoms with Gasteiger partial charge in [0.1, 0.15) is 5.56 Å². The Morgan fingerprint density at radius 3 is 2.65 bits per heavy atom. The lowest BCUT2D eigenvalue weighted by Gasteiger charge is -2.32. The summed E-state index contributed by atoms with van der Waals surface area (Å²) >= 11 is 6.06. The predicted molar refractivity (Wildman–Crippen MR) is 119 cm³/mol. The first-order valence-corrected chi connectivity index (χ1v) is 10.6. The molecule has 1 fully saturated rings. The third kappa shape index (κ3) is 4.32. The van der Waals surface area contributed by atoms with Crippen LogP contribution in [0.2, 0.25) is 5.02 Å². The zero-order chi connectivity index (χ0) is 22.0. The molecule has 0 aliphatic carbocycles. The number of amides is 2. The Hall–Kier alpha value is -3.19. The van der Waals surface area contributed by atoms with Crippen molar-refractivity contribution in [1.82, 2.24) is 14.9 Å². The monoisotopic (exact) mass is 438 g/mol. The predicted octanol–water partition coefficient (Wildman–Crippen LogP) is 3.80. The van der Waals surface area contributed by atoms with E-state index >= 15 is 0 Å². The summed E-state index contributed by atoms with van der Waals surface area (Å²) in [5, 5.41) is 1.26. The maximum absolute atomic E-state index is 13.1. The number of aromatic nitrogens is 2. The van der Waals surface area contributed by atoms with Gasteiger partial charge in [-0.05, 0) is 38.0 Å². The number of primary amides is 1. The van der Waals surface area contributed by atoms with E-state index in [1.807, 2.05) is 37.3 Å². The fraction of sp³-hybridized carbons (Fsp3) is 0.304. The van der Waals surface area contributed by atoms with Crippen LogP contribution in [0.3, 0.4) is 0 Å². The number of hydrogen-bond acceptors (Lipinski definition) is 5. The second kappa shape index (κ2) is 8.89. The molecule has 1 aromatic carbocycles. The van der Waals surface area contributed by atoms with E-state index in [0.717, 1.165) is 10.9 Å². The first kappa shape index (κ1) is 21.1. The molecule has 7 nitrogen and oxygen atoms in total. The maximum Gasteiger partial charge on any atom is 0.259 e. The highest BCUT2D eigenvalue weighted by Crippen LogP contribution is 2.32. The molecule has 3 heterocycles. The van der Waals surface area contributed by atoms with E-state index < -0.39 is 5.91 Å². The summed E-state index contributed by atoms with van der Waals surface area (Å²) in [6, 6.07) is 11.0. The van der Waals surface area contributed by atoms with E-state index in [2.05, 4.69) is 4.98 Å². The highest BCUT2D eigenvalue weighted by molar-refractivity contribution is 6.30. The molecule has 0 atom stereocenters. The van der Waals surface area contributed by atoms with Gasteiger partial charge in [0.2, 0.25) is 5.88 Å². The summed E-state index contributed by atoms with van der Waals surface area (Å²) in [4.78, 5) is 35.8. The lowest BCUT2D eigenvalue weighted by atomic mass is 9.89. The smallest absolute Gasteiger partial charge is 0.259 e. The minimum atomic E-state index is -0.488.